The number of amides is 1. The van der Waals surface area contributed by atoms with E-state index in [1.807, 2.05) is 0 Å². The maximum atomic E-state index is 12.4. The molecule has 0 unspecified atom stereocenters. The van der Waals surface area contributed by atoms with Crippen LogP contribution in [-0.4, -0.2) is 44.2 Å². The predicted molar refractivity (Wildman–Crippen MR) is 89.0 cm³/mol. The van der Waals surface area contributed by atoms with E-state index in [4.69, 9.17) is 4.74 Å². The number of ether oxygens (including phenoxy) is 2. The van der Waals surface area contributed by atoms with E-state index in [0.717, 1.165) is 31.4 Å². The molecule has 136 valence electrons. The van der Waals surface area contributed by atoms with Gasteiger partial charge in [0.15, 0.2) is 11.5 Å². The van der Waals surface area contributed by atoms with Gasteiger partial charge in [-0.2, -0.15) is 8.78 Å². The minimum atomic E-state index is -2.91. The van der Waals surface area contributed by atoms with Crippen molar-refractivity contribution in [3.05, 3.63) is 23.8 Å². The number of nitrogens with one attached hydrogen (secondary N) is 1. The van der Waals surface area contributed by atoms with E-state index in [1.165, 1.54) is 13.2 Å². The first-order chi connectivity index (χ1) is 11.0. The Morgan fingerprint density at radius 1 is 1.38 bits per heavy atom. The molecule has 1 amide bonds. The third kappa shape index (κ3) is 5.49. The van der Waals surface area contributed by atoms with Gasteiger partial charge in [0.2, 0.25) is 5.91 Å². The third-order valence-electron chi connectivity index (χ3n) is 3.85. The van der Waals surface area contributed by atoms with Crippen LogP contribution in [0.1, 0.15) is 24.8 Å². The number of carbonyl (C=O) groups excluding carboxylic acids is 1. The average molecular weight is 365 g/mol. The van der Waals surface area contributed by atoms with Crippen LogP contribution >= 0.6 is 12.4 Å². The predicted octanol–water partition coefficient (Wildman–Crippen LogP) is 2.82. The first kappa shape index (κ1) is 20.4. The molecule has 1 atom stereocenters. The number of piperidine rings is 1. The van der Waals surface area contributed by atoms with Crippen LogP contribution < -0.4 is 14.8 Å². The number of benzene rings is 1. The normalized spacial score (nSPS) is 17.1. The van der Waals surface area contributed by atoms with Gasteiger partial charge in [0.1, 0.15) is 0 Å². The Hall–Kier alpha value is -1.60. The van der Waals surface area contributed by atoms with Gasteiger partial charge in [-0.3, -0.25) is 4.79 Å². The Bertz CT molecular complexity index is 540. The van der Waals surface area contributed by atoms with Gasteiger partial charge in [-0.1, -0.05) is 12.5 Å². The lowest BCUT2D eigenvalue weighted by atomic mass is 10.0. The zero-order valence-electron chi connectivity index (χ0n) is 13.8. The number of nitrogens with zero attached hydrogens (tertiary/aromatic N) is 1. The molecule has 1 heterocycles. The lowest BCUT2D eigenvalue weighted by Crippen LogP contribution is -2.46. The van der Waals surface area contributed by atoms with E-state index in [-0.39, 0.29) is 35.9 Å². The number of alkyl halides is 2. The number of carbonyl (C=O) groups is 1. The summed E-state index contributed by atoms with van der Waals surface area (Å²) in [5, 5.41) is 3.22. The molecule has 0 radical (unpaired) electrons. The van der Waals surface area contributed by atoms with E-state index >= 15 is 0 Å². The van der Waals surface area contributed by atoms with Gasteiger partial charge >= 0.3 is 6.61 Å². The number of hydrogen-bond donors (Lipinski definition) is 1. The molecule has 8 heteroatoms. The zero-order valence-corrected chi connectivity index (χ0v) is 14.6. The number of rotatable bonds is 6. The third-order valence-corrected chi connectivity index (χ3v) is 3.85. The van der Waals surface area contributed by atoms with E-state index in [2.05, 4.69) is 10.1 Å². The molecule has 1 N–H and O–H groups in total. The molecule has 1 aliphatic rings. The van der Waals surface area contributed by atoms with Crippen LogP contribution in [0.3, 0.4) is 0 Å². The Balaban J connectivity index is 0.00000288. The van der Waals surface area contributed by atoms with Crippen molar-refractivity contribution in [3.63, 3.8) is 0 Å². The van der Waals surface area contributed by atoms with Crippen molar-refractivity contribution in [2.24, 2.45) is 0 Å². The van der Waals surface area contributed by atoms with Crippen molar-refractivity contribution in [2.75, 3.05) is 20.7 Å². The summed E-state index contributed by atoms with van der Waals surface area (Å²) in [7, 11) is 3.12. The van der Waals surface area contributed by atoms with Gasteiger partial charge in [0.25, 0.3) is 0 Å². The molecule has 1 aromatic carbocycles. The molecule has 2 rings (SSSR count). The second-order valence-corrected chi connectivity index (χ2v) is 5.56. The molecule has 0 spiro atoms. The smallest absolute Gasteiger partial charge is 0.387 e. The fourth-order valence-corrected chi connectivity index (χ4v) is 2.68. The summed E-state index contributed by atoms with van der Waals surface area (Å²) in [6, 6.07) is 4.54. The molecule has 0 aliphatic carbocycles. The van der Waals surface area contributed by atoms with Crippen LogP contribution in [0.25, 0.3) is 0 Å². The first-order valence-corrected chi connectivity index (χ1v) is 7.61. The molecule has 0 aromatic heterocycles. The molecule has 0 bridgehead atoms. The summed E-state index contributed by atoms with van der Waals surface area (Å²) in [5.74, 6) is 0.241. The molecule has 5 nitrogen and oxygen atoms in total. The Morgan fingerprint density at radius 3 is 2.71 bits per heavy atom. The van der Waals surface area contributed by atoms with Crippen LogP contribution in [-0.2, 0) is 11.3 Å². The summed E-state index contributed by atoms with van der Waals surface area (Å²) in [4.78, 5) is 14.0. The number of halogens is 3. The molecular formula is C16H23ClF2N2O3. The highest BCUT2D eigenvalue weighted by molar-refractivity contribution is 5.85. The van der Waals surface area contributed by atoms with Gasteiger partial charge < -0.3 is 19.7 Å². The Kier molecular flexibility index (Phi) is 8.21. The quantitative estimate of drug-likeness (QED) is 0.843. The summed E-state index contributed by atoms with van der Waals surface area (Å²) in [5.41, 5.74) is 0.787. The molecule has 1 saturated heterocycles. The maximum Gasteiger partial charge on any atom is 0.387 e. The molecule has 1 aliphatic heterocycles. The monoisotopic (exact) mass is 364 g/mol. The number of methoxy groups -OCH3 is 1. The number of hydrogen-bond acceptors (Lipinski definition) is 4. The van der Waals surface area contributed by atoms with E-state index in [9.17, 15) is 13.6 Å². The highest BCUT2D eigenvalue weighted by Gasteiger charge is 2.23. The molecule has 1 aromatic rings. The van der Waals surface area contributed by atoms with Crippen molar-refractivity contribution in [1.29, 1.82) is 0 Å². The largest absolute Gasteiger partial charge is 0.493 e. The van der Waals surface area contributed by atoms with Crippen LogP contribution in [0, 0.1) is 0 Å². The second kappa shape index (κ2) is 9.64. The highest BCUT2D eigenvalue weighted by atomic mass is 35.5. The van der Waals surface area contributed by atoms with Gasteiger partial charge in [-0.05, 0) is 37.1 Å². The summed E-state index contributed by atoms with van der Waals surface area (Å²) in [6.45, 7) is -1.67. The molecule has 0 saturated carbocycles. The maximum absolute atomic E-state index is 12.4. The van der Waals surface area contributed by atoms with Crippen LogP contribution in [0.15, 0.2) is 18.2 Å². The fourth-order valence-electron chi connectivity index (χ4n) is 2.68. The average Bonchev–Trinajstić information content (AvgIpc) is 2.55. The van der Waals surface area contributed by atoms with Gasteiger partial charge in [-0.25, -0.2) is 0 Å². The standard InChI is InChI=1S/C16H22F2N2O3.ClH/c1-20(15(21)12-5-3-4-8-19-12)10-11-6-7-13(23-16(17)18)14(9-11)22-2;/h6-7,9,12,16,19H,3-5,8,10H2,1-2H3;1H/t12-;/m0./s1. The Morgan fingerprint density at radius 2 is 2.12 bits per heavy atom. The minimum Gasteiger partial charge on any atom is -0.493 e. The Labute approximate surface area is 146 Å². The first-order valence-electron chi connectivity index (χ1n) is 7.61. The topological polar surface area (TPSA) is 50.8 Å². The number of likely N-dealkylation sites (N-methyl/N-ethyl adjacent to an activating group) is 1. The van der Waals surface area contributed by atoms with Crippen molar-refractivity contribution in [3.8, 4) is 11.5 Å². The highest BCUT2D eigenvalue weighted by Crippen LogP contribution is 2.29. The lowest BCUT2D eigenvalue weighted by molar-refractivity contribution is -0.133. The van der Waals surface area contributed by atoms with Crippen LogP contribution in [0.4, 0.5) is 8.78 Å². The van der Waals surface area contributed by atoms with Crippen molar-refractivity contribution < 1.29 is 23.0 Å². The van der Waals surface area contributed by atoms with Gasteiger partial charge in [0, 0.05) is 13.6 Å². The van der Waals surface area contributed by atoms with Crippen molar-refractivity contribution in [1.82, 2.24) is 10.2 Å². The van der Waals surface area contributed by atoms with Crippen molar-refractivity contribution in [2.45, 2.75) is 38.5 Å². The van der Waals surface area contributed by atoms with Crippen LogP contribution in [0.5, 0.6) is 11.5 Å². The molecule has 1 fully saturated rings. The lowest BCUT2D eigenvalue weighted by Gasteiger charge is -2.27. The summed E-state index contributed by atoms with van der Waals surface area (Å²) in [6.07, 6.45) is 2.98. The summed E-state index contributed by atoms with van der Waals surface area (Å²) < 4.78 is 34.1. The fraction of sp³-hybridized carbons (Fsp3) is 0.562. The van der Waals surface area contributed by atoms with Gasteiger partial charge in [-0.15, -0.1) is 12.4 Å². The van der Waals surface area contributed by atoms with Crippen LogP contribution in [0.2, 0.25) is 0 Å². The van der Waals surface area contributed by atoms with E-state index in [0.29, 0.717) is 6.54 Å². The SMILES string of the molecule is COc1cc(CN(C)C(=O)[C@@H]2CCCCN2)ccc1OC(F)F.Cl. The van der Waals surface area contributed by atoms with E-state index in [1.54, 1.807) is 24.1 Å². The zero-order chi connectivity index (χ0) is 16.8. The van der Waals surface area contributed by atoms with E-state index < -0.39 is 6.61 Å². The summed E-state index contributed by atoms with van der Waals surface area (Å²) >= 11 is 0. The van der Waals surface area contributed by atoms with Gasteiger partial charge in [0.05, 0.1) is 13.2 Å². The molecule has 24 heavy (non-hydrogen) atoms. The minimum absolute atomic E-state index is 0. The molecular weight excluding hydrogens is 342 g/mol. The second-order valence-electron chi connectivity index (χ2n) is 5.56. The van der Waals surface area contributed by atoms with Crippen molar-refractivity contribution >= 4 is 18.3 Å².